The summed E-state index contributed by atoms with van der Waals surface area (Å²) in [5, 5.41) is 12.4. The van der Waals surface area contributed by atoms with Gasteiger partial charge in [0.15, 0.2) is 11.5 Å². The van der Waals surface area contributed by atoms with E-state index in [0.717, 1.165) is 33.0 Å². The Hall–Kier alpha value is -3.74. The molecule has 0 bridgehead atoms. The molecule has 0 radical (unpaired) electrons. The first-order valence-corrected chi connectivity index (χ1v) is 10.6. The predicted octanol–water partition coefficient (Wildman–Crippen LogP) is 7.45. The topological polar surface area (TPSA) is 42.2 Å². The fourth-order valence-corrected chi connectivity index (χ4v) is 3.89. The number of fused-ring (bicyclic) bond motifs is 1. The van der Waals surface area contributed by atoms with Crippen LogP contribution in [-0.2, 0) is 6.61 Å². The molecule has 0 aliphatic heterocycles. The summed E-state index contributed by atoms with van der Waals surface area (Å²) in [5.74, 6) is 0.998. The minimum absolute atomic E-state index is 0.361. The minimum Gasteiger partial charge on any atom is -0.493 e. The van der Waals surface area contributed by atoms with Gasteiger partial charge in [-0.15, -0.1) is 0 Å². The largest absolute Gasteiger partial charge is 0.493 e. The second-order valence-electron chi connectivity index (χ2n) is 7.50. The van der Waals surface area contributed by atoms with Crippen LogP contribution in [-0.4, -0.2) is 7.11 Å². The lowest BCUT2D eigenvalue weighted by Crippen LogP contribution is -1.99. The third-order valence-corrected chi connectivity index (χ3v) is 5.58. The van der Waals surface area contributed by atoms with Gasteiger partial charge in [-0.05, 0) is 52.6 Å². The van der Waals surface area contributed by atoms with Crippen LogP contribution >= 0.6 is 11.6 Å². The molecule has 0 fully saturated rings. The SMILES string of the molecule is COc1cc(/C=C(/C#N)c2ccc(C)cc2)cc(Cl)c1OCc1cccc2ccccc12. The van der Waals surface area contributed by atoms with Crippen LogP contribution in [0, 0.1) is 18.3 Å². The van der Waals surface area contributed by atoms with Gasteiger partial charge in [0, 0.05) is 0 Å². The van der Waals surface area contributed by atoms with Gasteiger partial charge in [-0.25, -0.2) is 0 Å². The van der Waals surface area contributed by atoms with Crippen LogP contribution in [0.15, 0.2) is 78.9 Å². The Morgan fingerprint density at radius 2 is 1.75 bits per heavy atom. The molecule has 0 saturated carbocycles. The zero-order chi connectivity index (χ0) is 22.5. The summed E-state index contributed by atoms with van der Waals surface area (Å²) >= 11 is 6.57. The number of nitrogens with zero attached hydrogens (tertiary/aromatic N) is 1. The molecule has 0 saturated heterocycles. The number of hydrogen-bond donors (Lipinski definition) is 0. The van der Waals surface area contributed by atoms with Crippen molar-refractivity contribution in [2.45, 2.75) is 13.5 Å². The average Bonchev–Trinajstić information content (AvgIpc) is 2.82. The Morgan fingerprint density at radius 1 is 1.00 bits per heavy atom. The quantitative estimate of drug-likeness (QED) is 0.231. The first-order valence-electron chi connectivity index (χ1n) is 10.2. The van der Waals surface area contributed by atoms with E-state index in [1.54, 1.807) is 19.3 Å². The van der Waals surface area contributed by atoms with E-state index >= 15 is 0 Å². The third kappa shape index (κ3) is 4.61. The van der Waals surface area contributed by atoms with Gasteiger partial charge < -0.3 is 9.47 Å². The van der Waals surface area contributed by atoms with Crippen molar-refractivity contribution < 1.29 is 9.47 Å². The van der Waals surface area contributed by atoms with Crippen molar-refractivity contribution in [2.24, 2.45) is 0 Å². The molecular formula is C28H22ClNO2. The second kappa shape index (κ2) is 9.60. The molecule has 0 spiro atoms. The molecule has 0 heterocycles. The molecular weight excluding hydrogens is 418 g/mol. The molecule has 0 amide bonds. The van der Waals surface area contributed by atoms with Gasteiger partial charge in [-0.3, -0.25) is 0 Å². The summed E-state index contributed by atoms with van der Waals surface area (Å²) in [6.07, 6.45) is 1.80. The average molecular weight is 440 g/mol. The maximum Gasteiger partial charge on any atom is 0.180 e. The van der Waals surface area contributed by atoms with Gasteiger partial charge in [0.2, 0.25) is 0 Å². The van der Waals surface area contributed by atoms with Crippen molar-refractivity contribution in [1.29, 1.82) is 5.26 Å². The van der Waals surface area contributed by atoms with E-state index in [0.29, 0.717) is 28.7 Å². The first kappa shape index (κ1) is 21.5. The lowest BCUT2D eigenvalue weighted by atomic mass is 10.0. The summed E-state index contributed by atoms with van der Waals surface area (Å²) < 4.78 is 11.7. The summed E-state index contributed by atoms with van der Waals surface area (Å²) in [6, 6.07) is 28.0. The Morgan fingerprint density at radius 3 is 2.50 bits per heavy atom. The Kier molecular flexibility index (Phi) is 6.44. The number of ether oxygens (including phenoxy) is 2. The smallest absolute Gasteiger partial charge is 0.180 e. The van der Waals surface area contributed by atoms with Crippen molar-refractivity contribution in [1.82, 2.24) is 0 Å². The number of rotatable bonds is 6. The molecule has 4 rings (SSSR count). The molecule has 0 unspecified atom stereocenters. The van der Waals surface area contributed by atoms with Crippen LogP contribution in [0.3, 0.4) is 0 Å². The van der Waals surface area contributed by atoms with E-state index in [-0.39, 0.29) is 0 Å². The third-order valence-electron chi connectivity index (χ3n) is 5.30. The van der Waals surface area contributed by atoms with Gasteiger partial charge in [0.05, 0.1) is 23.8 Å². The number of halogens is 1. The molecule has 0 aromatic heterocycles. The molecule has 0 N–H and O–H groups in total. The number of aryl methyl sites for hydroxylation is 1. The Balaban J connectivity index is 1.63. The van der Waals surface area contributed by atoms with Gasteiger partial charge in [-0.1, -0.05) is 83.9 Å². The van der Waals surface area contributed by atoms with E-state index in [9.17, 15) is 5.26 Å². The number of benzene rings is 4. The number of hydrogen-bond acceptors (Lipinski definition) is 3. The van der Waals surface area contributed by atoms with Gasteiger partial charge in [0.25, 0.3) is 0 Å². The zero-order valence-corrected chi connectivity index (χ0v) is 18.7. The number of methoxy groups -OCH3 is 1. The summed E-state index contributed by atoms with van der Waals surface area (Å²) in [7, 11) is 1.58. The van der Waals surface area contributed by atoms with Crippen molar-refractivity contribution in [3.8, 4) is 17.6 Å². The molecule has 4 aromatic rings. The van der Waals surface area contributed by atoms with Crippen molar-refractivity contribution in [2.75, 3.05) is 7.11 Å². The van der Waals surface area contributed by atoms with E-state index in [2.05, 4.69) is 24.3 Å². The highest BCUT2D eigenvalue weighted by atomic mass is 35.5. The van der Waals surface area contributed by atoms with E-state index in [1.807, 2.05) is 61.5 Å². The molecule has 32 heavy (non-hydrogen) atoms. The summed E-state index contributed by atoms with van der Waals surface area (Å²) in [6.45, 7) is 2.38. The van der Waals surface area contributed by atoms with Gasteiger partial charge in [-0.2, -0.15) is 5.26 Å². The monoisotopic (exact) mass is 439 g/mol. The van der Waals surface area contributed by atoms with Crippen LogP contribution in [0.25, 0.3) is 22.4 Å². The van der Waals surface area contributed by atoms with Crippen molar-refractivity contribution in [3.63, 3.8) is 0 Å². The molecule has 4 aromatic carbocycles. The lowest BCUT2D eigenvalue weighted by Gasteiger charge is -2.14. The van der Waals surface area contributed by atoms with E-state index < -0.39 is 0 Å². The van der Waals surface area contributed by atoms with E-state index in [1.165, 1.54) is 0 Å². The van der Waals surface area contributed by atoms with Crippen LogP contribution in [0.1, 0.15) is 22.3 Å². The maximum atomic E-state index is 9.65. The van der Waals surface area contributed by atoms with Crippen molar-refractivity contribution >= 4 is 34.0 Å². The maximum absolute atomic E-state index is 9.65. The number of allylic oxidation sites excluding steroid dienone is 1. The molecule has 4 heteroatoms. The van der Waals surface area contributed by atoms with Crippen LogP contribution in [0.4, 0.5) is 0 Å². The normalized spacial score (nSPS) is 11.2. The summed E-state index contributed by atoms with van der Waals surface area (Å²) in [4.78, 5) is 0. The van der Waals surface area contributed by atoms with Crippen LogP contribution < -0.4 is 9.47 Å². The van der Waals surface area contributed by atoms with Gasteiger partial charge >= 0.3 is 0 Å². The Labute approximate surface area is 193 Å². The molecule has 0 aliphatic rings. The molecule has 3 nitrogen and oxygen atoms in total. The lowest BCUT2D eigenvalue weighted by molar-refractivity contribution is 0.286. The zero-order valence-electron chi connectivity index (χ0n) is 17.9. The van der Waals surface area contributed by atoms with Gasteiger partial charge in [0.1, 0.15) is 6.61 Å². The highest BCUT2D eigenvalue weighted by molar-refractivity contribution is 6.32. The first-order chi connectivity index (χ1) is 15.6. The van der Waals surface area contributed by atoms with Crippen molar-refractivity contribution in [3.05, 3.63) is 106 Å². The Bertz CT molecular complexity index is 1330. The number of nitriles is 1. The second-order valence-corrected chi connectivity index (χ2v) is 7.90. The highest BCUT2D eigenvalue weighted by Gasteiger charge is 2.13. The standard InChI is InChI=1S/C28H22ClNO2/c1-19-10-12-21(13-11-19)24(17-30)14-20-15-26(29)28(27(16-20)31-2)32-18-23-8-5-7-22-6-3-4-9-25(22)23/h3-16H,18H2,1-2H3/b24-14-. The molecule has 158 valence electrons. The molecule has 0 atom stereocenters. The summed E-state index contributed by atoms with van der Waals surface area (Å²) in [5.41, 5.74) is 4.37. The molecule has 0 aliphatic carbocycles. The van der Waals surface area contributed by atoms with Crippen LogP contribution in [0.2, 0.25) is 5.02 Å². The van der Waals surface area contributed by atoms with Crippen LogP contribution in [0.5, 0.6) is 11.5 Å². The fourth-order valence-electron chi connectivity index (χ4n) is 3.61. The minimum atomic E-state index is 0.361. The van der Waals surface area contributed by atoms with E-state index in [4.69, 9.17) is 21.1 Å². The fraction of sp³-hybridized carbons (Fsp3) is 0.107. The predicted molar refractivity (Wildman–Crippen MR) is 131 cm³/mol. The highest BCUT2D eigenvalue weighted by Crippen LogP contribution is 2.38.